The molecule has 4 aromatic rings. The standard InChI is InChI=1S/C22H18N6O3/c1-2-16(29)25-15-10-8-14(9-11-15)19-27-18-20(23-12-24-21(18)28-19)26-17(22(30)31)13-6-4-3-5-7-13/h2-12,17H,1H2,(H,25,29)(H,30,31)(H2,23,24,26,27,28)/t17-/m0/s1. The summed E-state index contributed by atoms with van der Waals surface area (Å²) in [5.74, 6) is -0.467. The van der Waals surface area contributed by atoms with E-state index in [-0.39, 0.29) is 5.91 Å². The van der Waals surface area contributed by atoms with Gasteiger partial charge in [-0.05, 0) is 35.9 Å². The first-order valence-corrected chi connectivity index (χ1v) is 9.34. The quantitative estimate of drug-likeness (QED) is 0.341. The highest BCUT2D eigenvalue weighted by atomic mass is 16.4. The molecule has 2 aromatic heterocycles. The van der Waals surface area contributed by atoms with Gasteiger partial charge in [-0.2, -0.15) is 0 Å². The van der Waals surface area contributed by atoms with E-state index in [4.69, 9.17) is 0 Å². The van der Waals surface area contributed by atoms with Crippen LogP contribution in [0.2, 0.25) is 0 Å². The van der Waals surface area contributed by atoms with Crippen LogP contribution in [-0.4, -0.2) is 36.9 Å². The van der Waals surface area contributed by atoms with Crippen LogP contribution in [0.3, 0.4) is 0 Å². The summed E-state index contributed by atoms with van der Waals surface area (Å²) in [6.45, 7) is 3.42. The highest BCUT2D eigenvalue weighted by Gasteiger charge is 2.22. The number of fused-ring (bicyclic) bond motifs is 1. The van der Waals surface area contributed by atoms with Crippen LogP contribution in [0.5, 0.6) is 0 Å². The van der Waals surface area contributed by atoms with E-state index < -0.39 is 12.0 Å². The molecule has 1 amide bonds. The first-order valence-electron chi connectivity index (χ1n) is 9.34. The van der Waals surface area contributed by atoms with Gasteiger partial charge in [0, 0.05) is 11.3 Å². The molecule has 0 aliphatic carbocycles. The van der Waals surface area contributed by atoms with E-state index in [1.165, 1.54) is 12.4 Å². The van der Waals surface area contributed by atoms with Crippen molar-refractivity contribution in [1.82, 2.24) is 19.9 Å². The maximum Gasteiger partial charge on any atom is 0.330 e. The Morgan fingerprint density at radius 2 is 1.81 bits per heavy atom. The molecular weight excluding hydrogens is 396 g/mol. The summed E-state index contributed by atoms with van der Waals surface area (Å²) in [5, 5.41) is 15.3. The lowest BCUT2D eigenvalue weighted by atomic mass is 10.1. The van der Waals surface area contributed by atoms with Crippen LogP contribution >= 0.6 is 0 Å². The van der Waals surface area contributed by atoms with Crippen molar-refractivity contribution in [2.45, 2.75) is 6.04 Å². The van der Waals surface area contributed by atoms with Crippen molar-refractivity contribution >= 4 is 34.5 Å². The van der Waals surface area contributed by atoms with Gasteiger partial charge in [-0.25, -0.2) is 19.7 Å². The Labute approximate surface area is 176 Å². The lowest BCUT2D eigenvalue weighted by molar-refractivity contribution is -0.138. The number of anilines is 2. The number of carbonyl (C=O) groups is 2. The maximum atomic E-state index is 11.8. The van der Waals surface area contributed by atoms with Gasteiger partial charge in [0.15, 0.2) is 17.5 Å². The van der Waals surface area contributed by atoms with E-state index in [0.717, 1.165) is 5.56 Å². The van der Waals surface area contributed by atoms with Gasteiger partial charge in [-0.1, -0.05) is 36.9 Å². The molecule has 4 rings (SSSR count). The molecule has 0 bridgehead atoms. The number of nitrogens with zero attached hydrogens (tertiary/aromatic N) is 3. The van der Waals surface area contributed by atoms with Gasteiger partial charge in [0.2, 0.25) is 5.91 Å². The second-order valence-corrected chi connectivity index (χ2v) is 6.60. The third-order valence-corrected chi connectivity index (χ3v) is 4.56. The number of benzene rings is 2. The molecule has 0 saturated carbocycles. The molecule has 4 N–H and O–H groups in total. The van der Waals surface area contributed by atoms with Gasteiger partial charge in [-0.15, -0.1) is 0 Å². The Morgan fingerprint density at radius 3 is 2.48 bits per heavy atom. The molecule has 0 spiro atoms. The molecule has 9 heteroatoms. The molecular formula is C22H18N6O3. The summed E-state index contributed by atoms with van der Waals surface area (Å²) in [6.07, 6.45) is 2.52. The summed E-state index contributed by atoms with van der Waals surface area (Å²) in [6, 6.07) is 14.9. The van der Waals surface area contributed by atoms with Crippen LogP contribution < -0.4 is 10.6 Å². The Kier molecular flexibility index (Phi) is 5.39. The van der Waals surface area contributed by atoms with Gasteiger partial charge >= 0.3 is 5.97 Å². The van der Waals surface area contributed by atoms with Gasteiger partial charge < -0.3 is 20.7 Å². The minimum absolute atomic E-state index is 0.297. The molecule has 0 radical (unpaired) electrons. The predicted octanol–water partition coefficient (Wildman–Crippen LogP) is 3.38. The highest BCUT2D eigenvalue weighted by Crippen LogP contribution is 2.26. The molecule has 0 unspecified atom stereocenters. The SMILES string of the molecule is C=CC(=O)Nc1ccc(-c2nc3ncnc(N[C@H](C(=O)O)c4ccccc4)c3[nH]2)cc1. The number of hydrogen-bond acceptors (Lipinski definition) is 6. The lowest BCUT2D eigenvalue weighted by Gasteiger charge is -2.15. The fourth-order valence-electron chi connectivity index (χ4n) is 3.05. The van der Waals surface area contributed by atoms with Crippen molar-refractivity contribution < 1.29 is 14.7 Å². The van der Waals surface area contributed by atoms with Crippen molar-refractivity contribution in [1.29, 1.82) is 0 Å². The van der Waals surface area contributed by atoms with E-state index in [9.17, 15) is 14.7 Å². The number of H-pyrrole nitrogens is 1. The third kappa shape index (κ3) is 4.25. The number of nitrogens with one attached hydrogen (secondary N) is 3. The van der Waals surface area contributed by atoms with Crippen molar-refractivity contribution in [3.05, 3.63) is 79.1 Å². The summed E-state index contributed by atoms with van der Waals surface area (Å²) < 4.78 is 0. The zero-order chi connectivity index (χ0) is 21.8. The van der Waals surface area contributed by atoms with Crippen LogP contribution in [-0.2, 0) is 9.59 Å². The van der Waals surface area contributed by atoms with Gasteiger partial charge in [-0.3, -0.25) is 4.79 Å². The fraction of sp³-hybridized carbons (Fsp3) is 0.0455. The Bertz CT molecular complexity index is 1250. The average molecular weight is 414 g/mol. The van der Waals surface area contributed by atoms with Crippen LogP contribution in [0, 0.1) is 0 Å². The number of rotatable bonds is 7. The van der Waals surface area contributed by atoms with Crippen LogP contribution in [0.15, 0.2) is 73.6 Å². The van der Waals surface area contributed by atoms with Crippen molar-refractivity contribution in [2.75, 3.05) is 10.6 Å². The highest BCUT2D eigenvalue weighted by molar-refractivity contribution is 5.99. The predicted molar refractivity (Wildman–Crippen MR) is 116 cm³/mol. The third-order valence-electron chi connectivity index (χ3n) is 4.56. The van der Waals surface area contributed by atoms with E-state index >= 15 is 0 Å². The smallest absolute Gasteiger partial charge is 0.330 e. The molecule has 0 saturated heterocycles. The number of carboxylic acids is 1. The van der Waals surface area contributed by atoms with Crippen molar-refractivity contribution in [2.24, 2.45) is 0 Å². The Morgan fingerprint density at radius 1 is 1.06 bits per heavy atom. The summed E-state index contributed by atoms with van der Waals surface area (Å²) >= 11 is 0. The van der Waals surface area contributed by atoms with Crippen molar-refractivity contribution in [3.63, 3.8) is 0 Å². The molecule has 0 fully saturated rings. The molecule has 1 atom stereocenters. The largest absolute Gasteiger partial charge is 0.479 e. The first kappa shape index (κ1) is 19.8. The lowest BCUT2D eigenvalue weighted by Crippen LogP contribution is -2.21. The van der Waals surface area contributed by atoms with Gasteiger partial charge in [0.1, 0.15) is 17.7 Å². The van der Waals surface area contributed by atoms with Gasteiger partial charge in [0.25, 0.3) is 0 Å². The number of aliphatic carboxylic acids is 1. The number of carbonyl (C=O) groups excluding carboxylic acids is 1. The topological polar surface area (TPSA) is 133 Å². The van der Waals surface area contributed by atoms with Crippen LogP contribution in [0.4, 0.5) is 11.5 Å². The van der Waals surface area contributed by atoms with E-state index in [1.807, 2.05) is 6.07 Å². The zero-order valence-corrected chi connectivity index (χ0v) is 16.2. The number of carboxylic acid groups (broad SMARTS) is 1. The molecule has 0 aliphatic heterocycles. The molecule has 2 heterocycles. The summed E-state index contributed by atoms with van der Waals surface area (Å²) in [7, 11) is 0. The van der Waals surface area contributed by atoms with Crippen LogP contribution in [0.25, 0.3) is 22.6 Å². The monoisotopic (exact) mass is 414 g/mol. The van der Waals surface area contributed by atoms with E-state index in [1.54, 1.807) is 48.5 Å². The fourth-order valence-corrected chi connectivity index (χ4v) is 3.05. The maximum absolute atomic E-state index is 11.8. The number of amides is 1. The normalized spacial score (nSPS) is 11.6. The number of aromatic amines is 1. The number of hydrogen-bond donors (Lipinski definition) is 4. The number of aromatic nitrogens is 4. The average Bonchev–Trinajstić information content (AvgIpc) is 3.23. The Balaban J connectivity index is 1.65. The van der Waals surface area contributed by atoms with Gasteiger partial charge in [0.05, 0.1) is 0 Å². The molecule has 31 heavy (non-hydrogen) atoms. The number of imidazole rings is 1. The second-order valence-electron chi connectivity index (χ2n) is 6.60. The molecule has 154 valence electrons. The first-order chi connectivity index (χ1) is 15.0. The summed E-state index contributed by atoms with van der Waals surface area (Å²) in [5.41, 5.74) is 2.87. The van der Waals surface area contributed by atoms with Crippen molar-refractivity contribution in [3.8, 4) is 11.4 Å². The molecule has 2 aromatic carbocycles. The minimum Gasteiger partial charge on any atom is -0.479 e. The second kappa shape index (κ2) is 8.46. The van der Waals surface area contributed by atoms with Crippen LogP contribution in [0.1, 0.15) is 11.6 Å². The van der Waals surface area contributed by atoms with E-state index in [2.05, 4.69) is 37.1 Å². The zero-order valence-electron chi connectivity index (χ0n) is 16.2. The summed E-state index contributed by atoms with van der Waals surface area (Å²) in [4.78, 5) is 39.3. The van der Waals surface area contributed by atoms with E-state index in [0.29, 0.717) is 34.1 Å². The minimum atomic E-state index is -1.03. The molecule has 0 aliphatic rings. The molecule has 9 nitrogen and oxygen atoms in total. The Hall–Kier alpha value is -4.53.